The maximum atomic E-state index is 13.3. The van der Waals surface area contributed by atoms with Crippen molar-refractivity contribution in [3.8, 4) is 0 Å². The predicted molar refractivity (Wildman–Crippen MR) is 118 cm³/mol. The lowest BCUT2D eigenvalue weighted by Crippen LogP contribution is -2.44. The van der Waals surface area contributed by atoms with Crippen LogP contribution in [0.1, 0.15) is 67.1 Å². The first-order valence-corrected chi connectivity index (χ1v) is 11.7. The summed E-state index contributed by atoms with van der Waals surface area (Å²) in [5.74, 6) is 2.49. The van der Waals surface area contributed by atoms with Crippen molar-refractivity contribution in [2.45, 2.75) is 64.3 Å². The zero-order valence-corrected chi connectivity index (χ0v) is 18.3. The van der Waals surface area contributed by atoms with Crippen LogP contribution in [0.3, 0.4) is 0 Å². The number of aryl methyl sites for hydroxylation is 1. The maximum Gasteiger partial charge on any atom is 0.225 e. The minimum Gasteiger partial charge on any atom is -0.352 e. The SMILES string of the molecule is Cc1nc([C@H]2CCCN(C(=O)C3CCC3)C2)nc2c1CCCN2Cc1ccc(F)cc1. The number of amides is 1. The Morgan fingerprint density at radius 1 is 1.06 bits per heavy atom. The second kappa shape index (κ2) is 8.56. The van der Waals surface area contributed by atoms with Crippen LogP contribution in [-0.2, 0) is 17.8 Å². The first kappa shape index (κ1) is 20.4. The number of likely N-dealkylation sites (tertiary alicyclic amines) is 1. The van der Waals surface area contributed by atoms with Crippen molar-refractivity contribution in [2.75, 3.05) is 24.5 Å². The molecule has 0 radical (unpaired) electrons. The van der Waals surface area contributed by atoms with Crippen molar-refractivity contribution in [3.63, 3.8) is 0 Å². The molecule has 0 spiro atoms. The molecule has 3 aliphatic rings. The maximum absolute atomic E-state index is 13.3. The van der Waals surface area contributed by atoms with E-state index in [9.17, 15) is 9.18 Å². The van der Waals surface area contributed by atoms with Crippen LogP contribution in [0.2, 0.25) is 0 Å². The Morgan fingerprint density at radius 2 is 1.87 bits per heavy atom. The molecule has 0 unspecified atom stereocenters. The molecule has 1 saturated carbocycles. The van der Waals surface area contributed by atoms with Gasteiger partial charge in [0, 0.05) is 49.3 Å². The van der Waals surface area contributed by atoms with E-state index in [1.54, 1.807) is 0 Å². The second-order valence-corrected chi connectivity index (χ2v) is 9.37. The van der Waals surface area contributed by atoms with Gasteiger partial charge in [-0.1, -0.05) is 18.6 Å². The number of anilines is 1. The number of halogens is 1. The van der Waals surface area contributed by atoms with Crippen molar-refractivity contribution in [2.24, 2.45) is 5.92 Å². The summed E-state index contributed by atoms with van der Waals surface area (Å²) in [7, 11) is 0. The van der Waals surface area contributed by atoms with E-state index >= 15 is 0 Å². The second-order valence-electron chi connectivity index (χ2n) is 9.37. The molecule has 2 aromatic rings. The number of hydrogen-bond acceptors (Lipinski definition) is 4. The van der Waals surface area contributed by atoms with E-state index < -0.39 is 0 Å². The molecule has 1 aromatic carbocycles. The molecule has 0 N–H and O–H groups in total. The monoisotopic (exact) mass is 422 g/mol. The largest absolute Gasteiger partial charge is 0.352 e. The molecule has 5 nitrogen and oxygen atoms in total. The van der Waals surface area contributed by atoms with Gasteiger partial charge in [0.15, 0.2) is 0 Å². The number of nitrogens with zero attached hydrogens (tertiary/aromatic N) is 4. The zero-order valence-electron chi connectivity index (χ0n) is 18.3. The third kappa shape index (κ3) is 4.17. The molecule has 1 aliphatic carbocycles. The summed E-state index contributed by atoms with van der Waals surface area (Å²) in [4.78, 5) is 27.1. The first-order valence-electron chi connectivity index (χ1n) is 11.7. The Morgan fingerprint density at radius 3 is 2.61 bits per heavy atom. The van der Waals surface area contributed by atoms with Crippen molar-refractivity contribution >= 4 is 11.7 Å². The van der Waals surface area contributed by atoms with Gasteiger partial charge in [0.2, 0.25) is 5.91 Å². The summed E-state index contributed by atoms with van der Waals surface area (Å²) in [5.41, 5.74) is 3.38. The van der Waals surface area contributed by atoms with Gasteiger partial charge in [0.05, 0.1) is 0 Å². The molecule has 1 atom stereocenters. The Hall–Kier alpha value is -2.50. The lowest BCUT2D eigenvalue weighted by molar-refractivity contribution is -0.139. The van der Waals surface area contributed by atoms with Gasteiger partial charge in [0.25, 0.3) is 0 Å². The molecular weight excluding hydrogens is 391 g/mol. The van der Waals surface area contributed by atoms with Crippen LogP contribution in [0.15, 0.2) is 24.3 Å². The van der Waals surface area contributed by atoms with Crippen LogP contribution in [0.5, 0.6) is 0 Å². The zero-order chi connectivity index (χ0) is 21.4. The Bertz CT molecular complexity index is 957. The van der Waals surface area contributed by atoms with Gasteiger partial charge in [-0.25, -0.2) is 14.4 Å². The summed E-state index contributed by atoms with van der Waals surface area (Å²) >= 11 is 0. The van der Waals surface area contributed by atoms with Gasteiger partial charge in [-0.2, -0.15) is 0 Å². The Kier molecular flexibility index (Phi) is 5.63. The molecule has 6 heteroatoms. The number of aromatic nitrogens is 2. The molecule has 1 aromatic heterocycles. The minimum atomic E-state index is -0.207. The molecule has 2 fully saturated rings. The summed E-state index contributed by atoms with van der Waals surface area (Å²) in [5, 5.41) is 0. The molecule has 5 rings (SSSR count). The van der Waals surface area contributed by atoms with Crippen molar-refractivity contribution in [1.29, 1.82) is 0 Å². The topological polar surface area (TPSA) is 49.3 Å². The smallest absolute Gasteiger partial charge is 0.225 e. The summed E-state index contributed by atoms with van der Waals surface area (Å²) < 4.78 is 13.3. The van der Waals surface area contributed by atoms with E-state index in [4.69, 9.17) is 9.97 Å². The molecule has 0 bridgehead atoms. The van der Waals surface area contributed by atoms with Gasteiger partial charge in [-0.15, -0.1) is 0 Å². The minimum absolute atomic E-state index is 0.205. The molecule has 164 valence electrons. The molecule has 3 heterocycles. The molecule has 1 amide bonds. The van der Waals surface area contributed by atoms with E-state index in [2.05, 4.69) is 16.7 Å². The molecule has 31 heavy (non-hydrogen) atoms. The van der Waals surface area contributed by atoms with Crippen LogP contribution in [0.4, 0.5) is 10.2 Å². The van der Waals surface area contributed by atoms with Crippen LogP contribution < -0.4 is 4.90 Å². The third-order valence-electron chi connectivity index (χ3n) is 7.20. The Balaban J connectivity index is 1.38. The summed E-state index contributed by atoms with van der Waals surface area (Å²) in [6.07, 6.45) is 7.40. The first-order chi connectivity index (χ1) is 15.1. The predicted octanol–water partition coefficient (Wildman–Crippen LogP) is 4.38. The van der Waals surface area contributed by atoms with E-state index in [1.165, 1.54) is 24.1 Å². The number of benzene rings is 1. The average Bonchev–Trinajstić information content (AvgIpc) is 2.74. The highest BCUT2D eigenvalue weighted by Gasteiger charge is 2.34. The lowest BCUT2D eigenvalue weighted by atomic mass is 9.83. The number of carbonyl (C=O) groups excluding carboxylic acids is 1. The number of carbonyl (C=O) groups is 1. The molecule has 1 saturated heterocycles. The van der Waals surface area contributed by atoms with Crippen LogP contribution in [-0.4, -0.2) is 40.4 Å². The van der Waals surface area contributed by atoms with Gasteiger partial charge >= 0.3 is 0 Å². The quantitative estimate of drug-likeness (QED) is 0.734. The number of piperidine rings is 1. The van der Waals surface area contributed by atoms with E-state index in [0.717, 1.165) is 87.6 Å². The van der Waals surface area contributed by atoms with Gasteiger partial charge < -0.3 is 9.80 Å². The molecular formula is C25H31FN4O. The van der Waals surface area contributed by atoms with Gasteiger partial charge in [0.1, 0.15) is 17.5 Å². The van der Waals surface area contributed by atoms with Crippen molar-refractivity contribution in [1.82, 2.24) is 14.9 Å². The van der Waals surface area contributed by atoms with Gasteiger partial charge in [-0.3, -0.25) is 4.79 Å². The van der Waals surface area contributed by atoms with E-state index in [1.807, 2.05) is 12.1 Å². The van der Waals surface area contributed by atoms with Gasteiger partial charge in [-0.05, 0) is 63.1 Å². The summed E-state index contributed by atoms with van der Waals surface area (Å²) in [6.45, 7) is 5.36. The normalized spacial score (nSPS) is 21.5. The fourth-order valence-electron chi connectivity index (χ4n) is 5.16. The highest BCUT2D eigenvalue weighted by molar-refractivity contribution is 5.79. The standard InChI is InChI=1S/C25H31FN4O/c1-17-22-8-4-13-29(15-18-9-11-21(26)12-10-18)24(22)28-23(27-17)20-7-3-14-30(16-20)25(31)19-5-2-6-19/h9-12,19-20H,2-8,13-16H2,1H3/t20-/m0/s1. The van der Waals surface area contributed by atoms with Crippen LogP contribution >= 0.6 is 0 Å². The van der Waals surface area contributed by atoms with Crippen molar-refractivity contribution < 1.29 is 9.18 Å². The Labute approximate surface area is 183 Å². The fraction of sp³-hybridized carbons (Fsp3) is 0.560. The highest BCUT2D eigenvalue weighted by Crippen LogP contribution is 2.34. The van der Waals surface area contributed by atoms with E-state index in [-0.39, 0.29) is 17.7 Å². The molecule has 2 aliphatic heterocycles. The van der Waals surface area contributed by atoms with Crippen molar-refractivity contribution in [3.05, 3.63) is 52.7 Å². The third-order valence-corrected chi connectivity index (χ3v) is 7.20. The van der Waals surface area contributed by atoms with Crippen LogP contribution in [0, 0.1) is 18.7 Å². The van der Waals surface area contributed by atoms with Crippen LogP contribution in [0.25, 0.3) is 0 Å². The number of hydrogen-bond donors (Lipinski definition) is 0. The lowest BCUT2D eigenvalue weighted by Gasteiger charge is -2.37. The highest BCUT2D eigenvalue weighted by atomic mass is 19.1. The van der Waals surface area contributed by atoms with E-state index in [0.29, 0.717) is 5.91 Å². The fourth-order valence-corrected chi connectivity index (χ4v) is 5.16. The number of rotatable bonds is 4. The average molecular weight is 423 g/mol. The summed E-state index contributed by atoms with van der Waals surface area (Å²) in [6, 6.07) is 6.74. The number of fused-ring (bicyclic) bond motifs is 1.